The zero-order valence-electron chi connectivity index (χ0n) is 20.6. The number of piperidine rings is 1. The number of anilines is 1. The summed E-state index contributed by atoms with van der Waals surface area (Å²) in [6.07, 6.45) is 5.72. The fourth-order valence-electron chi connectivity index (χ4n) is 5.01. The van der Waals surface area contributed by atoms with Crippen molar-refractivity contribution in [2.45, 2.75) is 56.4 Å². The number of benzene rings is 1. The molecule has 0 saturated carbocycles. The minimum atomic E-state index is -3.31. The maximum atomic E-state index is 13.1. The fraction of sp³-hybridized carbons (Fsp3) is 0.462. The lowest BCUT2D eigenvalue weighted by Crippen LogP contribution is -2.42. The fourth-order valence-corrected chi connectivity index (χ4v) is 6.70. The van der Waals surface area contributed by atoms with Crippen LogP contribution in [-0.4, -0.2) is 55.7 Å². The molecule has 2 aliphatic heterocycles. The molecule has 7 nitrogen and oxygen atoms in total. The molecule has 10 heteroatoms. The number of fused-ring (bicyclic) bond motifs is 2. The Balaban J connectivity index is 1.31. The number of aromatic nitrogens is 1. The molecule has 2 aromatic heterocycles. The number of ether oxygens (including phenoxy) is 1. The summed E-state index contributed by atoms with van der Waals surface area (Å²) in [5, 5.41) is 3.99. The van der Waals surface area contributed by atoms with Gasteiger partial charge in [-0.3, -0.25) is 4.79 Å². The maximum Gasteiger partial charge on any atom is 0.265 e. The Labute approximate surface area is 220 Å². The number of hydrogen-bond donors (Lipinski definition) is 1. The zero-order chi connectivity index (χ0) is 25.7. The summed E-state index contributed by atoms with van der Waals surface area (Å²) in [6.45, 7) is 5.59. The second kappa shape index (κ2) is 9.59. The molecule has 0 radical (unpaired) electrons. The number of nitrogens with zero attached hydrogens (tertiary/aromatic N) is 2. The summed E-state index contributed by atoms with van der Waals surface area (Å²) in [5.74, 6) is 0.144. The smallest absolute Gasteiger partial charge is 0.265 e. The van der Waals surface area contributed by atoms with E-state index in [1.165, 1.54) is 37.0 Å². The first-order chi connectivity index (χ1) is 17.0. The number of rotatable bonds is 6. The van der Waals surface area contributed by atoms with Crippen LogP contribution in [0.3, 0.4) is 0 Å². The number of thiophene rings is 1. The molecule has 0 aliphatic carbocycles. The number of hydrogen-bond acceptors (Lipinski definition) is 7. The number of pyridine rings is 1. The molecular formula is C26H30ClN3O4S2. The Bertz CT molecular complexity index is 1420. The lowest BCUT2D eigenvalue weighted by molar-refractivity contribution is 0.0756. The predicted octanol–water partition coefficient (Wildman–Crippen LogP) is 5.49. The minimum absolute atomic E-state index is 0.0897. The van der Waals surface area contributed by atoms with Crippen molar-refractivity contribution in [1.29, 1.82) is 0 Å². The van der Waals surface area contributed by atoms with Crippen molar-refractivity contribution in [3.05, 3.63) is 52.0 Å². The third kappa shape index (κ3) is 5.11. The minimum Gasteiger partial charge on any atom is -0.474 e. The second-order valence-corrected chi connectivity index (χ2v) is 14.2. The molecule has 2 aliphatic rings. The van der Waals surface area contributed by atoms with Crippen LogP contribution in [0, 0.1) is 0 Å². The van der Waals surface area contributed by atoms with Crippen molar-refractivity contribution >= 4 is 54.5 Å². The summed E-state index contributed by atoms with van der Waals surface area (Å²) >= 11 is 7.60. The zero-order valence-corrected chi connectivity index (χ0v) is 23.0. The normalized spacial score (nSPS) is 20.9. The van der Waals surface area contributed by atoms with Gasteiger partial charge in [0.15, 0.2) is 9.84 Å². The number of amides is 1. The van der Waals surface area contributed by atoms with Crippen LogP contribution in [0.1, 0.15) is 54.8 Å². The number of nitrogens with one attached hydrogen (secondary N) is 1. The number of halogens is 1. The van der Waals surface area contributed by atoms with E-state index in [0.29, 0.717) is 28.0 Å². The predicted molar refractivity (Wildman–Crippen MR) is 145 cm³/mol. The molecule has 2 atom stereocenters. The van der Waals surface area contributed by atoms with Crippen LogP contribution in [0.15, 0.2) is 36.4 Å². The van der Waals surface area contributed by atoms with Crippen molar-refractivity contribution in [2.24, 2.45) is 0 Å². The van der Waals surface area contributed by atoms with E-state index in [0.717, 1.165) is 29.5 Å². The highest BCUT2D eigenvalue weighted by Crippen LogP contribution is 2.35. The van der Waals surface area contributed by atoms with Crippen LogP contribution < -0.4 is 10.1 Å². The van der Waals surface area contributed by atoms with Gasteiger partial charge in [-0.15, -0.1) is 11.3 Å². The Kier molecular flexibility index (Phi) is 6.78. The molecule has 5 rings (SSSR count). The highest BCUT2D eigenvalue weighted by Gasteiger charge is 2.33. The molecule has 2 unspecified atom stereocenters. The van der Waals surface area contributed by atoms with E-state index in [4.69, 9.17) is 16.3 Å². The van der Waals surface area contributed by atoms with Crippen LogP contribution in [0.4, 0.5) is 5.69 Å². The first-order valence-corrected chi connectivity index (χ1v) is 15.2. The molecule has 0 spiro atoms. The Morgan fingerprint density at radius 3 is 2.78 bits per heavy atom. The number of sulfone groups is 1. The molecule has 1 aromatic carbocycles. The first-order valence-electron chi connectivity index (χ1n) is 12.1. The lowest BCUT2D eigenvalue weighted by atomic mass is 10.00. The SMILES string of the molecule is CC(C)(c1ccc2sc(C(=O)Nc3cc(Cl)nc(OC4CCN5CCCC5C4)c3)cc2c1)S(C)(=O)=O. The topological polar surface area (TPSA) is 88.6 Å². The standard InChI is InChI=1S/C26H30ClN3O4S2/c1-26(2,36(3,32)33)17-6-7-21-16(11-17)12-22(35-21)25(31)28-18-13-23(27)29-24(14-18)34-20-8-10-30-9-4-5-19(30)15-20/h6-7,11-14,19-20H,4-5,8-10,15H2,1-3H3,(H,28,29,31). The Morgan fingerprint density at radius 1 is 1.19 bits per heavy atom. The average molecular weight is 548 g/mol. The van der Waals surface area contributed by atoms with Gasteiger partial charge in [0, 0.05) is 35.3 Å². The van der Waals surface area contributed by atoms with Crippen LogP contribution in [0.25, 0.3) is 10.1 Å². The van der Waals surface area contributed by atoms with E-state index in [9.17, 15) is 13.2 Å². The lowest BCUT2D eigenvalue weighted by Gasteiger charge is -2.34. The van der Waals surface area contributed by atoms with Crippen LogP contribution in [0.5, 0.6) is 5.88 Å². The van der Waals surface area contributed by atoms with Crippen molar-refractivity contribution in [1.82, 2.24) is 9.88 Å². The van der Waals surface area contributed by atoms with Gasteiger partial charge < -0.3 is 15.0 Å². The quantitative estimate of drug-likeness (QED) is 0.411. The third-order valence-electron chi connectivity index (χ3n) is 7.45. The van der Waals surface area contributed by atoms with Gasteiger partial charge in [-0.1, -0.05) is 17.7 Å². The maximum absolute atomic E-state index is 13.1. The van der Waals surface area contributed by atoms with E-state index in [1.54, 1.807) is 32.0 Å². The molecule has 1 amide bonds. The summed E-state index contributed by atoms with van der Waals surface area (Å²) in [6, 6.07) is 11.2. The van der Waals surface area contributed by atoms with Gasteiger partial charge in [0.05, 0.1) is 9.62 Å². The van der Waals surface area contributed by atoms with E-state index in [-0.39, 0.29) is 17.2 Å². The van der Waals surface area contributed by atoms with E-state index >= 15 is 0 Å². The van der Waals surface area contributed by atoms with Crippen LogP contribution in [0.2, 0.25) is 5.15 Å². The highest BCUT2D eigenvalue weighted by atomic mass is 35.5. The summed E-state index contributed by atoms with van der Waals surface area (Å²) in [4.78, 5) is 20.4. The first kappa shape index (κ1) is 25.4. The molecule has 2 saturated heterocycles. The van der Waals surface area contributed by atoms with Crippen molar-refractivity contribution < 1.29 is 17.9 Å². The Morgan fingerprint density at radius 2 is 2.00 bits per heavy atom. The molecule has 192 valence electrons. The molecule has 36 heavy (non-hydrogen) atoms. The van der Waals surface area contributed by atoms with Crippen molar-refractivity contribution in [2.75, 3.05) is 24.7 Å². The van der Waals surface area contributed by atoms with Gasteiger partial charge in [-0.25, -0.2) is 13.4 Å². The monoisotopic (exact) mass is 547 g/mol. The molecular weight excluding hydrogens is 518 g/mol. The molecule has 4 heterocycles. The van der Waals surface area contributed by atoms with Crippen molar-refractivity contribution in [3.63, 3.8) is 0 Å². The highest BCUT2D eigenvalue weighted by molar-refractivity contribution is 7.91. The van der Waals surface area contributed by atoms with Gasteiger partial charge in [0.2, 0.25) is 5.88 Å². The van der Waals surface area contributed by atoms with Crippen LogP contribution in [-0.2, 0) is 14.6 Å². The van der Waals surface area contributed by atoms with Crippen LogP contribution >= 0.6 is 22.9 Å². The van der Waals surface area contributed by atoms with Gasteiger partial charge in [0.25, 0.3) is 5.91 Å². The molecule has 0 bridgehead atoms. The third-order valence-corrected chi connectivity index (χ3v) is 10.8. The molecule has 1 N–H and O–H groups in total. The van der Waals surface area contributed by atoms with Gasteiger partial charge in [-0.2, -0.15) is 0 Å². The van der Waals surface area contributed by atoms with Gasteiger partial charge in [0.1, 0.15) is 11.3 Å². The summed E-state index contributed by atoms with van der Waals surface area (Å²) in [7, 11) is -3.31. The number of carbonyl (C=O) groups excluding carboxylic acids is 1. The summed E-state index contributed by atoms with van der Waals surface area (Å²) < 4.78 is 30.5. The molecule has 3 aromatic rings. The van der Waals surface area contributed by atoms with E-state index in [1.807, 2.05) is 18.2 Å². The summed E-state index contributed by atoms with van der Waals surface area (Å²) in [5.41, 5.74) is 1.21. The average Bonchev–Trinajstić information content (AvgIpc) is 3.44. The largest absolute Gasteiger partial charge is 0.474 e. The Hall–Kier alpha value is -2.20. The number of carbonyl (C=O) groups is 1. The van der Waals surface area contributed by atoms with Gasteiger partial charge >= 0.3 is 0 Å². The van der Waals surface area contributed by atoms with E-state index < -0.39 is 14.6 Å². The van der Waals surface area contributed by atoms with Gasteiger partial charge in [-0.05, 0) is 81.3 Å². The van der Waals surface area contributed by atoms with Crippen molar-refractivity contribution in [3.8, 4) is 5.88 Å². The van der Waals surface area contributed by atoms with E-state index in [2.05, 4.69) is 15.2 Å². The second-order valence-electron chi connectivity index (χ2n) is 10.2. The molecule has 2 fully saturated rings.